The number of hydrogen-bond donors (Lipinski definition) is 1. The van der Waals surface area contributed by atoms with Crippen LogP contribution in [0, 0.1) is 18.3 Å². The van der Waals surface area contributed by atoms with Crippen LogP contribution < -0.4 is 14.8 Å². The van der Waals surface area contributed by atoms with Gasteiger partial charge >= 0.3 is 0 Å². The van der Waals surface area contributed by atoms with E-state index in [9.17, 15) is 5.26 Å². The Labute approximate surface area is 127 Å². The highest BCUT2D eigenvalue weighted by Gasteiger charge is 2.21. The van der Waals surface area contributed by atoms with Gasteiger partial charge in [0.05, 0.1) is 11.1 Å². The number of nitrogens with one attached hydrogen (secondary N) is 1. The smallest absolute Gasteiger partial charge is 0.231 e. The molecule has 0 spiro atoms. The molecule has 0 aliphatic carbocycles. The molecule has 1 aliphatic heterocycles. The van der Waals surface area contributed by atoms with Crippen LogP contribution in [0.3, 0.4) is 0 Å². The second-order valence-corrected chi connectivity index (χ2v) is 5.17. The first kappa shape index (κ1) is 13.6. The van der Waals surface area contributed by atoms with E-state index in [0.29, 0.717) is 16.5 Å². The van der Waals surface area contributed by atoms with E-state index in [0.717, 1.165) is 16.8 Å². The second-order valence-electron chi connectivity index (χ2n) is 4.76. The van der Waals surface area contributed by atoms with Gasteiger partial charge in [0.25, 0.3) is 0 Å². The van der Waals surface area contributed by atoms with Crippen molar-refractivity contribution in [3.63, 3.8) is 0 Å². The number of fused-ring (bicyclic) bond motifs is 1. The molecule has 3 rings (SSSR count). The molecule has 5 heteroatoms. The largest absolute Gasteiger partial charge is 0.454 e. The van der Waals surface area contributed by atoms with Crippen LogP contribution in [0.15, 0.2) is 36.4 Å². The molecule has 1 N–H and O–H groups in total. The number of nitriles is 1. The van der Waals surface area contributed by atoms with Gasteiger partial charge in [0.15, 0.2) is 11.5 Å². The fraction of sp³-hybridized carbons (Fsp3) is 0.188. The first-order chi connectivity index (χ1) is 10.2. The molecule has 0 saturated carbocycles. The van der Waals surface area contributed by atoms with E-state index in [2.05, 4.69) is 11.4 Å². The molecule has 21 heavy (non-hydrogen) atoms. The molecular formula is C16H13ClN2O2. The van der Waals surface area contributed by atoms with Crippen molar-refractivity contribution in [2.24, 2.45) is 0 Å². The molecular weight excluding hydrogens is 288 g/mol. The molecule has 2 aromatic rings. The van der Waals surface area contributed by atoms with Crippen LogP contribution in [0.2, 0.25) is 5.02 Å². The SMILES string of the molecule is Cc1ccccc1NC(C#N)c1cc(Cl)c2c(c1)OCO2. The van der Waals surface area contributed by atoms with Crippen LogP contribution in [0.1, 0.15) is 17.2 Å². The molecule has 4 nitrogen and oxygen atoms in total. The minimum atomic E-state index is -0.516. The fourth-order valence-electron chi connectivity index (χ4n) is 2.23. The van der Waals surface area contributed by atoms with E-state index in [1.807, 2.05) is 31.2 Å². The summed E-state index contributed by atoms with van der Waals surface area (Å²) in [6.07, 6.45) is 0. The maximum atomic E-state index is 9.44. The zero-order valence-corrected chi connectivity index (χ0v) is 12.1. The summed E-state index contributed by atoms with van der Waals surface area (Å²) in [5.41, 5.74) is 2.73. The number of para-hydroxylation sites is 1. The molecule has 0 saturated heterocycles. The van der Waals surface area contributed by atoms with Crippen LogP contribution in [0.4, 0.5) is 5.69 Å². The average molecular weight is 301 g/mol. The Morgan fingerprint density at radius 2 is 2.10 bits per heavy atom. The van der Waals surface area contributed by atoms with E-state index in [1.165, 1.54) is 0 Å². The monoisotopic (exact) mass is 300 g/mol. The number of benzene rings is 2. The summed E-state index contributed by atoms with van der Waals surface area (Å²) in [6, 6.07) is 13.1. The Kier molecular flexibility index (Phi) is 3.59. The molecule has 0 fully saturated rings. The number of anilines is 1. The summed E-state index contributed by atoms with van der Waals surface area (Å²) in [5, 5.41) is 13.1. The van der Waals surface area contributed by atoms with Gasteiger partial charge in [-0.3, -0.25) is 0 Å². The molecule has 1 unspecified atom stereocenters. The zero-order valence-electron chi connectivity index (χ0n) is 11.4. The molecule has 106 valence electrons. The topological polar surface area (TPSA) is 54.3 Å². The van der Waals surface area contributed by atoms with Gasteiger partial charge in [-0.2, -0.15) is 5.26 Å². The predicted octanol–water partition coefficient (Wildman–Crippen LogP) is 4.05. The summed E-state index contributed by atoms with van der Waals surface area (Å²) in [7, 11) is 0. The van der Waals surface area contributed by atoms with Crippen LogP contribution >= 0.6 is 11.6 Å². The highest BCUT2D eigenvalue weighted by molar-refractivity contribution is 6.32. The van der Waals surface area contributed by atoms with Gasteiger partial charge < -0.3 is 14.8 Å². The van der Waals surface area contributed by atoms with E-state index >= 15 is 0 Å². The molecule has 2 aromatic carbocycles. The third-order valence-corrected chi connectivity index (χ3v) is 3.64. The number of halogens is 1. The number of rotatable bonds is 3. The van der Waals surface area contributed by atoms with E-state index < -0.39 is 6.04 Å². The minimum Gasteiger partial charge on any atom is -0.454 e. The maximum absolute atomic E-state index is 9.44. The second kappa shape index (κ2) is 5.55. The summed E-state index contributed by atoms with van der Waals surface area (Å²) in [6.45, 7) is 2.14. The minimum absolute atomic E-state index is 0.154. The number of aryl methyl sites for hydroxylation is 1. The highest BCUT2D eigenvalue weighted by atomic mass is 35.5. The van der Waals surface area contributed by atoms with Crippen molar-refractivity contribution in [3.05, 3.63) is 52.5 Å². The Morgan fingerprint density at radius 3 is 2.86 bits per heavy atom. The van der Waals surface area contributed by atoms with Gasteiger partial charge in [-0.1, -0.05) is 29.8 Å². The highest BCUT2D eigenvalue weighted by Crippen LogP contribution is 2.41. The Balaban J connectivity index is 1.93. The zero-order chi connectivity index (χ0) is 14.8. The quantitative estimate of drug-likeness (QED) is 0.929. The van der Waals surface area contributed by atoms with Gasteiger partial charge in [-0.25, -0.2) is 0 Å². The van der Waals surface area contributed by atoms with Crippen LogP contribution in [0.5, 0.6) is 11.5 Å². The Bertz CT molecular complexity index is 725. The molecule has 0 radical (unpaired) electrons. The molecule has 1 aliphatic rings. The number of nitrogens with zero attached hydrogens (tertiary/aromatic N) is 1. The molecule has 0 aromatic heterocycles. The van der Waals surface area contributed by atoms with E-state index in [1.54, 1.807) is 12.1 Å². The van der Waals surface area contributed by atoms with Crippen molar-refractivity contribution >= 4 is 17.3 Å². The Morgan fingerprint density at radius 1 is 1.29 bits per heavy atom. The number of ether oxygens (including phenoxy) is 2. The molecule has 1 heterocycles. The van der Waals surface area contributed by atoms with Crippen molar-refractivity contribution in [2.45, 2.75) is 13.0 Å². The normalized spacial score (nSPS) is 13.6. The fourth-order valence-corrected chi connectivity index (χ4v) is 2.51. The first-order valence-corrected chi connectivity index (χ1v) is 6.87. The van der Waals surface area contributed by atoms with Crippen LogP contribution in [0.25, 0.3) is 0 Å². The van der Waals surface area contributed by atoms with Crippen LogP contribution in [-0.4, -0.2) is 6.79 Å². The van der Waals surface area contributed by atoms with Crippen molar-refractivity contribution in [3.8, 4) is 17.6 Å². The van der Waals surface area contributed by atoms with Crippen molar-refractivity contribution in [2.75, 3.05) is 12.1 Å². The van der Waals surface area contributed by atoms with Crippen molar-refractivity contribution in [1.29, 1.82) is 5.26 Å². The lowest BCUT2D eigenvalue weighted by Crippen LogP contribution is -2.09. The maximum Gasteiger partial charge on any atom is 0.231 e. The van der Waals surface area contributed by atoms with Gasteiger partial charge in [0.1, 0.15) is 6.04 Å². The van der Waals surface area contributed by atoms with E-state index in [4.69, 9.17) is 21.1 Å². The number of hydrogen-bond acceptors (Lipinski definition) is 4. The molecule has 1 atom stereocenters. The van der Waals surface area contributed by atoms with Gasteiger partial charge in [0.2, 0.25) is 6.79 Å². The third kappa shape index (κ3) is 2.61. The van der Waals surface area contributed by atoms with Gasteiger partial charge in [-0.05, 0) is 36.2 Å². The summed E-state index contributed by atoms with van der Waals surface area (Å²) in [4.78, 5) is 0. The third-order valence-electron chi connectivity index (χ3n) is 3.36. The average Bonchev–Trinajstić information content (AvgIpc) is 2.95. The molecule has 0 amide bonds. The molecule has 0 bridgehead atoms. The van der Waals surface area contributed by atoms with Crippen LogP contribution in [-0.2, 0) is 0 Å². The lowest BCUT2D eigenvalue weighted by molar-refractivity contribution is 0.174. The summed E-state index contributed by atoms with van der Waals surface area (Å²) in [5.74, 6) is 1.11. The first-order valence-electron chi connectivity index (χ1n) is 6.50. The lowest BCUT2D eigenvalue weighted by Gasteiger charge is -2.16. The Hall–Kier alpha value is -2.38. The summed E-state index contributed by atoms with van der Waals surface area (Å²) < 4.78 is 10.6. The van der Waals surface area contributed by atoms with Gasteiger partial charge in [-0.15, -0.1) is 0 Å². The van der Waals surface area contributed by atoms with Crippen molar-refractivity contribution < 1.29 is 9.47 Å². The van der Waals surface area contributed by atoms with E-state index in [-0.39, 0.29) is 6.79 Å². The van der Waals surface area contributed by atoms with Gasteiger partial charge in [0, 0.05) is 5.69 Å². The van der Waals surface area contributed by atoms with Crippen molar-refractivity contribution in [1.82, 2.24) is 0 Å². The standard InChI is InChI=1S/C16H13ClN2O2/c1-10-4-2-3-5-13(10)19-14(8-18)11-6-12(17)16-15(7-11)20-9-21-16/h2-7,14,19H,9H2,1H3. The lowest BCUT2D eigenvalue weighted by atomic mass is 10.1. The summed E-state index contributed by atoms with van der Waals surface area (Å²) >= 11 is 6.17. The predicted molar refractivity (Wildman–Crippen MR) is 80.7 cm³/mol.